The van der Waals surface area contributed by atoms with Crippen molar-refractivity contribution in [2.75, 3.05) is 5.75 Å². The Morgan fingerprint density at radius 3 is 2.92 bits per heavy atom. The van der Waals surface area contributed by atoms with E-state index in [-0.39, 0.29) is 12.1 Å². The van der Waals surface area contributed by atoms with Gasteiger partial charge in [0.05, 0.1) is 16.8 Å². The number of carbonyl (C=O) groups excluding carboxylic acids is 1. The number of rotatable bonds is 5. The average molecular weight is 346 g/mol. The molecule has 130 valence electrons. The number of fused-ring (bicyclic) bond motifs is 1. The highest BCUT2D eigenvalue weighted by atomic mass is 32.2. The summed E-state index contributed by atoms with van der Waals surface area (Å²) in [5.41, 5.74) is 1.92. The van der Waals surface area contributed by atoms with Gasteiger partial charge < -0.3 is 9.72 Å². The summed E-state index contributed by atoms with van der Waals surface area (Å²) in [5, 5.41) is 0.769. The Balaban J connectivity index is 1.56. The van der Waals surface area contributed by atoms with Gasteiger partial charge in [-0.1, -0.05) is 51.1 Å². The lowest BCUT2D eigenvalue weighted by Crippen LogP contribution is -2.36. The number of carbonyl (C=O) groups is 1. The molecule has 5 heteroatoms. The third-order valence-electron chi connectivity index (χ3n) is 4.94. The zero-order valence-corrected chi connectivity index (χ0v) is 15.4. The number of hydrogen-bond donors (Lipinski definition) is 1. The molecular formula is C19H26N2O2S. The number of aromatic amines is 1. The SMILES string of the molecule is CC(C)[C@H]1CC[C@@H](C)C[C@@H]1OC(=O)CSc1nc2ccccc2[nH]1. The summed E-state index contributed by atoms with van der Waals surface area (Å²) in [6.45, 7) is 6.70. The zero-order valence-electron chi connectivity index (χ0n) is 14.6. The van der Waals surface area contributed by atoms with Crippen LogP contribution < -0.4 is 0 Å². The van der Waals surface area contributed by atoms with Gasteiger partial charge in [-0.15, -0.1) is 0 Å². The van der Waals surface area contributed by atoms with Crippen LogP contribution in [0.15, 0.2) is 29.4 Å². The number of esters is 1. The summed E-state index contributed by atoms with van der Waals surface area (Å²) in [4.78, 5) is 20.0. The molecule has 1 aromatic heterocycles. The summed E-state index contributed by atoms with van der Waals surface area (Å²) in [5.74, 6) is 1.85. The van der Waals surface area contributed by atoms with Crippen molar-refractivity contribution in [3.63, 3.8) is 0 Å². The van der Waals surface area contributed by atoms with Crippen LogP contribution in [-0.4, -0.2) is 27.8 Å². The molecule has 1 saturated carbocycles. The largest absolute Gasteiger partial charge is 0.461 e. The van der Waals surface area contributed by atoms with Crippen LogP contribution >= 0.6 is 11.8 Å². The topological polar surface area (TPSA) is 55.0 Å². The van der Waals surface area contributed by atoms with Gasteiger partial charge in [0.2, 0.25) is 0 Å². The van der Waals surface area contributed by atoms with E-state index in [9.17, 15) is 4.79 Å². The van der Waals surface area contributed by atoms with Crippen molar-refractivity contribution < 1.29 is 9.53 Å². The lowest BCUT2D eigenvalue weighted by Gasteiger charge is -2.36. The molecule has 0 amide bonds. The minimum atomic E-state index is -0.134. The van der Waals surface area contributed by atoms with E-state index in [1.807, 2.05) is 24.3 Å². The third-order valence-corrected chi connectivity index (χ3v) is 5.79. The number of hydrogen-bond acceptors (Lipinski definition) is 4. The van der Waals surface area contributed by atoms with Crippen LogP contribution in [0.1, 0.15) is 40.0 Å². The molecule has 1 aliphatic carbocycles. The molecule has 24 heavy (non-hydrogen) atoms. The lowest BCUT2D eigenvalue weighted by molar-refractivity contribution is -0.152. The normalized spacial score (nSPS) is 24.4. The number of para-hydroxylation sites is 2. The first-order chi connectivity index (χ1) is 11.5. The molecule has 0 spiro atoms. The van der Waals surface area contributed by atoms with Crippen molar-refractivity contribution in [1.82, 2.24) is 9.97 Å². The van der Waals surface area contributed by atoms with Crippen LogP contribution in [0.2, 0.25) is 0 Å². The summed E-state index contributed by atoms with van der Waals surface area (Å²) < 4.78 is 5.83. The Labute approximate surface area is 147 Å². The predicted molar refractivity (Wildman–Crippen MR) is 98.0 cm³/mol. The van der Waals surface area contributed by atoms with E-state index in [4.69, 9.17) is 4.74 Å². The van der Waals surface area contributed by atoms with Gasteiger partial charge in [-0.05, 0) is 42.7 Å². The highest BCUT2D eigenvalue weighted by Gasteiger charge is 2.33. The maximum atomic E-state index is 12.3. The molecule has 1 fully saturated rings. The first kappa shape index (κ1) is 17.3. The maximum Gasteiger partial charge on any atom is 0.316 e. The smallest absolute Gasteiger partial charge is 0.316 e. The number of aromatic nitrogens is 2. The van der Waals surface area contributed by atoms with E-state index >= 15 is 0 Å². The van der Waals surface area contributed by atoms with Crippen LogP contribution in [0.4, 0.5) is 0 Å². The molecule has 1 aliphatic rings. The highest BCUT2D eigenvalue weighted by molar-refractivity contribution is 7.99. The number of nitrogens with one attached hydrogen (secondary N) is 1. The number of imidazole rings is 1. The second-order valence-corrected chi connectivity index (χ2v) is 8.17. The zero-order chi connectivity index (χ0) is 17.1. The Kier molecular flexibility index (Phi) is 5.49. The van der Waals surface area contributed by atoms with Crippen molar-refractivity contribution in [3.8, 4) is 0 Å². The summed E-state index contributed by atoms with van der Waals surface area (Å²) in [6, 6.07) is 7.88. The van der Waals surface area contributed by atoms with Crippen molar-refractivity contribution >= 4 is 28.8 Å². The molecule has 1 heterocycles. The minimum absolute atomic E-state index is 0.0672. The molecule has 1 N–H and O–H groups in total. The molecule has 0 saturated heterocycles. The van der Waals surface area contributed by atoms with E-state index in [2.05, 4.69) is 30.7 Å². The number of nitrogens with zero attached hydrogens (tertiary/aromatic N) is 1. The van der Waals surface area contributed by atoms with Crippen molar-refractivity contribution in [2.45, 2.75) is 51.3 Å². The van der Waals surface area contributed by atoms with E-state index < -0.39 is 0 Å². The van der Waals surface area contributed by atoms with Crippen LogP contribution in [0.3, 0.4) is 0 Å². The van der Waals surface area contributed by atoms with E-state index in [1.54, 1.807) is 0 Å². The van der Waals surface area contributed by atoms with Gasteiger partial charge >= 0.3 is 5.97 Å². The van der Waals surface area contributed by atoms with Crippen LogP contribution in [-0.2, 0) is 9.53 Å². The molecule has 3 atom stereocenters. The van der Waals surface area contributed by atoms with E-state index in [0.29, 0.717) is 23.5 Å². The monoisotopic (exact) mass is 346 g/mol. The van der Waals surface area contributed by atoms with Gasteiger partial charge in [0.15, 0.2) is 5.16 Å². The number of ether oxygens (including phenoxy) is 1. The van der Waals surface area contributed by atoms with E-state index in [0.717, 1.165) is 29.0 Å². The van der Waals surface area contributed by atoms with Gasteiger partial charge in [0.1, 0.15) is 6.10 Å². The Morgan fingerprint density at radius 1 is 1.38 bits per heavy atom. The molecular weight excluding hydrogens is 320 g/mol. The predicted octanol–water partition coefficient (Wildman–Crippen LogP) is 4.66. The van der Waals surface area contributed by atoms with Crippen LogP contribution in [0.5, 0.6) is 0 Å². The Hall–Kier alpha value is -1.49. The standard InChI is InChI=1S/C19H26N2O2S/c1-12(2)14-9-8-13(3)10-17(14)23-18(22)11-24-19-20-15-6-4-5-7-16(15)21-19/h4-7,12-14,17H,8-11H2,1-3H3,(H,20,21)/t13-,14-,17+/m1/s1. The van der Waals surface area contributed by atoms with Crippen molar-refractivity contribution in [1.29, 1.82) is 0 Å². The fraction of sp³-hybridized carbons (Fsp3) is 0.579. The molecule has 0 radical (unpaired) electrons. The average Bonchev–Trinajstić information content (AvgIpc) is 2.95. The van der Waals surface area contributed by atoms with Gasteiger partial charge in [-0.25, -0.2) is 4.98 Å². The van der Waals surface area contributed by atoms with Crippen molar-refractivity contribution in [2.24, 2.45) is 17.8 Å². The van der Waals surface area contributed by atoms with Crippen LogP contribution in [0, 0.1) is 17.8 Å². The van der Waals surface area contributed by atoms with Crippen molar-refractivity contribution in [3.05, 3.63) is 24.3 Å². The van der Waals surface area contributed by atoms with E-state index in [1.165, 1.54) is 18.2 Å². The highest BCUT2D eigenvalue weighted by Crippen LogP contribution is 2.35. The number of benzene rings is 1. The summed E-state index contributed by atoms with van der Waals surface area (Å²) in [6.07, 6.45) is 3.46. The van der Waals surface area contributed by atoms with Gasteiger partial charge in [-0.2, -0.15) is 0 Å². The number of thioether (sulfide) groups is 1. The van der Waals surface area contributed by atoms with Gasteiger partial charge in [0.25, 0.3) is 0 Å². The Bertz CT molecular complexity index is 664. The third kappa shape index (κ3) is 4.12. The minimum Gasteiger partial charge on any atom is -0.461 e. The molecule has 0 aliphatic heterocycles. The Morgan fingerprint density at radius 2 is 2.17 bits per heavy atom. The second kappa shape index (κ2) is 7.60. The molecule has 2 aromatic rings. The van der Waals surface area contributed by atoms with Gasteiger partial charge in [0, 0.05) is 0 Å². The second-order valence-electron chi connectivity index (χ2n) is 7.20. The van der Waals surface area contributed by atoms with Crippen LogP contribution in [0.25, 0.3) is 11.0 Å². The molecule has 0 bridgehead atoms. The molecule has 0 unspecified atom stereocenters. The fourth-order valence-electron chi connectivity index (χ4n) is 3.58. The number of H-pyrrole nitrogens is 1. The molecule has 3 rings (SSSR count). The summed E-state index contributed by atoms with van der Waals surface area (Å²) >= 11 is 1.41. The molecule has 4 nitrogen and oxygen atoms in total. The first-order valence-corrected chi connectivity index (χ1v) is 9.78. The fourth-order valence-corrected chi connectivity index (χ4v) is 4.25. The lowest BCUT2D eigenvalue weighted by atomic mass is 9.75. The maximum absolute atomic E-state index is 12.3. The summed E-state index contributed by atoms with van der Waals surface area (Å²) in [7, 11) is 0. The first-order valence-electron chi connectivity index (χ1n) is 8.80. The molecule has 1 aromatic carbocycles. The van der Waals surface area contributed by atoms with Gasteiger partial charge in [-0.3, -0.25) is 4.79 Å². The quantitative estimate of drug-likeness (QED) is 0.632.